The van der Waals surface area contributed by atoms with E-state index in [1.165, 1.54) is 141 Å². The Kier molecular flexibility index (Phi) is 44.9. The maximum atomic E-state index is 12.5. The van der Waals surface area contributed by atoms with E-state index in [4.69, 9.17) is 9.47 Å². The highest BCUT2D eigenvalue weighted by Crippen LogP contribution is 2.19. The summed E-state index contributed by atoms with van der Waals surface area (Å²) < 4.78 is 11.9. The number of hydrogen-bond donors (Lipinski definition) is 1. The van der Waals surface area contributed by atoms with Crippen molar-refractivity contribution in [1.29, 1.82) is 0 Å². The first kappa shape index (κ1) is 54.3. The van der Waals surface area contributed by atoms with Gasteiger partial charge in [0.05, 0.1) is 0 Å². The van der Waals surface area contributed by atoms with Gasteiger partial charge in [-0.25, -0.2) is 0 Å². The van der Waals surface area contributed by atoms with Crippen molar-refractivity contribution in [1.82, 2.24) is 10.2 Å². The lowest BCUT2D eigenvalue weighted by Crippen LogP contribution is -2.37. The maximum absolute atomic E-state index is 12.5. The van der Waals surface area contributed by atoms with Gasteiger partial charge in [0.15, 0.2) is 0 Å². The van der Waals surface area contributed by atoms with Crippen molar-refractivity contribution in [2.24, 2.45) is 0 Å². The van der Waals surface area contributed by atoms with E-state index in [1.807, 2.05) is 11.8 Å². The van der Waals surface area contributed by atoms with Gasteiger partial charge in [-0.15, -0.1) is 0 Å². The van der Waals surface area contributed by atoms with Crippen molar-refractivity contribution in [3.63, 3.8) is 0 Å². The molecule has 318 valence electrons. The summed E-state index contributed by atoms with van der Waals surface area (Å²) in [7, 11) is 0. The molecule has 0 unspecified atom stereocenters. The number of carbonyl (C=O) groups is 2. The van der Waals surface area contributed by atoms with Gasteiger partial charge in [-0.1, -0.05) is 130 Å². The fraction of sp³-hybridized carbons (Fsp3) is 0.956. The Hall–Kier alpha value is -0.830. The molecule has 0 atom stereocenters. The zero-order valence-electron chi connectivity index (χ0n) is 36.1. The van der Waals surface area contributed by atoms with Crippen molar-refractivity contribution in [2.45, 2.75) is 233 Å². The van der Waals surface area contributed by atoms with Crippen LogP contribution in [0, 0.1) is 0 Å². The summed E-state index contributed by atoms with van der Waals surface area (Å²) in [6.45, 7) is 14.6. The van der Waals surface area contributed by atoms with E-state index in [2.05, 4.69) is 44.2 Å². The van der Waals surface area contributed by atoms with Gasteiger partial charge in [-0.3, -0.25) is 9.59 Å². The molecule has 0 aromatic rings. The highest BCUT2D eigenvalue weighted by atomic mass is 32.2. The molecule has 0 spiro atoms. The molecule has 1 aliphatic rings. The molecule has 1 rings (SSSR count). The van der Waals surface area contributed by atoms with Crippen LogP contribution in [0.2, 0.25) is 0 Å². The predicted molar refractivity (Wildman–Crippen MR) is 232 cm³/mol. The monoisotopic (exact) mass is 773 g/mol. The molecule has 0 bridgehead atoms. The van der Waals surface area contributed by atoms with Crippen molar-refractivity contribution >= 4 is 23.7 Å². The highest BCUT2D eigenvalue weighted by molar-refractivity contribution is 7.98. The molecule has 1 saturated heterocycles. The Morgan fingerprint density at radius 2 is 0.906 bits per heavy atom. The van der Waals surface area contributed by atoms with E-state index in [0.717, 1.165) is 77.3 Å². The summed E-state index contributed by atoms with van der Waals surface area (Å²) in [5, 5.41) is 3.40. The van der Waals surface area contributed by atoms with Crippen LogP contribution in [-0.4, -0.2) is 79.3 Å². The molecule has 3 N–H and O–H groups in total. The molecule has 0 aliphatic carbocycles. The second-order valence-corrected chi connectivity index (χ2v) is 16.5. The number of thioether (sulfide) groups is 1. The number of esters is 2. The first-order chi connectivity index (χ1) is 25.5. The van der Waals surface area contributed by atoms with Crippen LogP contribution >= 0.6 is 11.8 Å². The number of nitrogens with zero attached hydrogens (tertiary/aromatic N) is 1. The number of nitrogens with one attached hydrogen (secondary N) is 1. The lowest BCUT2D eigenvalue weighted by Gasteiger charge is -2.30. The minimum Gasteiger partial charge on any atom is -0.462 e. The lowest BCUT2D eigenvalue weighted by molar-refractivity contribution is -0.150. The first-order valence-corrected chi connectivity index (χ1v) is 24.2. The van der Waals surface area contributed by atoms with Gasteiger partial charge in [0.2, 0.25) is 0 Å². The molecule has 0 radical (unpaired) electrons. The molecule has 8 heteroatoms. The van der Waals surface area contributed by atoms with Gasteiger partial charge in [0.1, 0.15) is 12.2 Å². The summed E-state index contributed by atoms with van der Waals surface area (Å²) in [6, 6.07) is 0. The molecule has 7 nitrogen and oxygen atoms in total. The van der Waals surface area contributed by atoms with E-state index in [9.17, 15) is 9.59 Å². The SMILES string of the molecule is CCCCCCCC(CCCCCCC)OC(=O)CCCNCCCC(=O)OC(CCCCCCC)CCCCCCC.CSCCCN1CCC1.O. The second-order valence-electron chi connectivity index (χ2n) is 15.5. The number of unbranched alkanes of at least 4 members (excludes halogenated alkanes) is 16. The van der Waals surface area contributed by atoms with E-state index in [-0.39, 0.29) is 29.6 Å². The third-order valence-electron chi connectivity index (χ3n) is 10.4. The van der Waals surface area contributed by atoms with Gasteiger partial charge in [-0.05, 0) is 122 Å². The van der Waals surface area contributed by atoms with E-state index in [0.29, 0.717) is 12.8 Å². The standard InChI is InChI=1S/C38H75NO4.C7H15NS.H2O/c1-5-9-13-17-21-27-35(28-22-18-14-10-6-2)42-37(40)31-25-33-39-34-26-32-38(41)43-36(29-23-19-15-11-7-3)30-24-20-16-12-8-4;1-9-7-3-6-8-4-2-5-8;/h35-36,39H,5-34H2,1-4H3;2-7H2,1H3;1H2. The van der Waals surface area contributed by atoms with E-state index in [1.54, 1.807) is 0 Å². The Morgan fingerprint density at radius 1 is 0.547 bits per heavy atom. The van der Waals surface area contributed by atoms with Crippen LogP contribution in [0.4, 0.5) is 0 Å². The molecule has 53 heavy (non-hydrogen) atoms. The molecule has 1 heterocycles. The fourth-order valence-corrected chi connectivity index (χ4v) is 7.21. The Morgan fingerprint density at radius 3 is 1.21 bits per heavy atom. The van der Waals surface area contributed by atoms with Crippen LogP contribution in [-0.2, 0) is 19.1 Å². The van der Waals surface area contributed by atoms with Gasteiger partial charge in [0.25, 0.3) is 0 Å². The van der Waals surface area contributed by atoms with Crippen LogP contribution in [0.1, 0.15) is 220 Å². The summed E-state index contributed by atoms with van der Waals surface area (Å²) in [6.07, 6.45) is 36.7. The summed E-state index contributed by atoms with van der Waals surface area (Å²) in [5.41, 5.74) is 0. The second kappa shape index (κ2) is 43.9. The fourth-order valence-electron chi connectivity index (χ4n) is 6.79. The van der Waals surface area contributed by atoms with Crippen molar-refractivity contribution < 1.29 is 24.5 Å². The van der Waals surface area contributed by atoms with E-state index < -0.39 is 0 Å². The summed E-state index contributed by atoms with van der Waals surface area (Å²) in [5.74, 6) is 1.23. The van der Waals surface area contributed by atoms with Crippen molar-refractivity contribution in [3.05, 3.63) is 0 Å². The molecule has 0 saturated carbocycles. The maximum Gasteiger partial charge on any atom is 0.306 e. The molecule has 0 aromatic carbocycles. The minimum atomic E-state index is -0.0482. The normalized spacial score (nSPS) is 12.7. The van der Waals surface area contributed by atoms with Crippen LogP contribution in [0.3, 0.4) is 0 Å². The number of ether oxygens (including phenoxy) is 2. The Bertz CT molecular complexity index is 676. The average molecular weight is 773 g/mol. The number of likely N-dealkylation sites (tertiary alicyclic amines) is 1. The molecule has 1 aliphatic heterocycles. The third kappa shape index (κ3) is 39.2. The van der Waals surface area contributed by atoms with Gasteiger partial charge < -0.3 is 25.2 Å². The molecular weight excluding hydrogens is 681 g/mol. The summed E-state index contributed by atoms with van der Waals surface area (Å²) >= 11 is 1.95. The summed E-state index contributed by atoms with van der Waals surface area (Å²) in [4.78, 5) is 27.6. The van der Waals surface area contributed by atoms with E-state index >= 15 is 0 Å². The third-order valence-corrected chi connectivity index (χ3v) is 11.1. The molecule has 0 amide bonds. The van der Waals surface area contributed by atoms with Crippen LogP contribution in [0.15, 0.2) is 0 Å². The number of hydrogen-bond acceptors (Lipinski definition) is 7. The van der Waals surface area contributed by atoms with Crippen LogP contribution < -0.4 is 5.32 Å². The topological polar surface area (TPSA) is 99.4 Å². The molecular formula is C45H92N2O5S. The highest BCUT2D eigenvalue weighted by Gasteiger charge is 2.16. The Balaban J connectivity index is 0. The minimum absolute atomic E-state index is 0. The van der Waals surface area contributed by atoms with Crippen LogP contribution in [0.25, 0.3) is 0 Å². The quantitative estimate of drug-likeness (QED) is 0.0493. The smallest absolute Gasteiger partial charge is 0.306 e. The molecule has 0 aromatic heterocycles. The number of carbonyl (C=O) groups excluding carboxylic acids is 2. The largest absolute Gasteiger partial charge is 0.462 e. The van der Waals surface area contributed by atoms with Crippen molar-refractivity contribution in [2.75, 3.05) is 44.7 Å². The average Bonchev–Trinajstić information content (AvgIpc) is 3.11. The molecule has 1 fully saturated rings. The lowest BCUT2D eigenvalue weighted by atomic mass is 10.0. The van der Waals surface area contributed by atoms with Gasteiger partial charge in [-0.2, -0.15) is 11.8 Å². The zero-order chi connectivity index (χ0) is 38.2. The van der Waals surface area contributed by atoms with Crippen molar-refractivity contribution in [3.8, 4) is 0 Å². The predicted octanol–water partition coefficient (Wildman–Crippen LogP) is 12.0. The number of rotatable bonds is 38. The van der Waals surface area contributed by atoms with Gasteiger partial charge in [0, 0.05) is 12.8 Å². The zero-order valence-corrected chi connectivity index (χ0v) is 36.9. The Labute approximate surface area is 334 Å². The van der Waals surface area contributed by atoms with Gasteiger partial charge >= 0.3 is 11.9 Å². The van der Waals surface area contributed by atoms with Crippen LogP contribution in [0.5, 0.6) is 0 Å². The first-order valence-electron chi connectivity index (χ1n) is 22.8.